The summed E-state index contributed by atoms with van der Waals surface area (Å²) < 4.78 is 5.20. The van der Waals surface area contributed by atoms with Crippen LogP contribution in [0.4, 0.5) is 10.5 Å². The lowest BCUT2D eigenvalue weighted by Gasteiger charge is -2.26. The summed E-state index contributed by atoms with van der Waals surface area (Å²) in [4.78, 5) is 23.5. The molecule has 2 rings (SSSR count). The molecule has 0 bridgehead atoms. The summed E-state index contributed by atoms with van der Waals surface area (Å²) in [6.45, 7) is 6.87. The molecule has 0 saturated heterocycles. The van der Waals surface area contributed by atoms with Gasteiger partial charge in [-0.05, 0) is 38.5 Å². The van der Waals surface area contributed by atoms with Gasteiger partial charge in [0.05, 0.1) is 5.71 Å². The Labute approximate surface area is 141 Å². The number of benzene rings is 1. The molecule has 0 saturated carbocycles. The lowest BCUT2D eigenvalue weighted by molar-refractivity contribution is -0.136. The second kappa shape index (κ2) is 7.00. The molecule has 0 radical (unpaired) electrons. The lowest BCUT2D eigenvalue weighted by atomic mass is 9.94. The molecule has 0 fully saturated rings. The quantitative estimate of drug-likeness (QED) is 0.889. The van der Waals surface area contributed by atoms with Crippen molar-refractivity contribution >= 4 is 23.4 Å². The second-order valence-electron chi connectivity index (χ2n) is 6.73. The SMILES string of the molecule is C[C@@H]1CC(=O)N(CO)N=C1c1ccc(NC(=O)OC(C)(C)C)cc1. The maximum absolute atomic E-state index is 11.8. The van der Waals surface area contributed by atoms with Gasteiger partial charge in [-0.1, -0.05) is 19.1 Å². The van der Waals surface area contributed by atoms with Crippen LogP contribution < -0.4 is 5.32 Å². The molecular weight excluding hydrogens is 310 g/mol. The minimum atomic E-state index is -0.559. The molecule has 7 heteroatoms. The summed E-state index contributed by atoms with van der Waals surface area (Å²) in [6, 6.07) is 7.11. The van der Waals surface area contributed by atoms with Crippen LogP contribution in [0, 0.1) is 5.92 Å². The summed E-state index contributed by atoms with van der Waals surface area (Å²) >= 11 is 0. The van der Waals surface area contributed by atoms with E-state index in [-0.39, 0.29) is 11.8 Å². The van der Waals surface area contributed by atoms with Crippen molar-refractivity contribution in [2.45, 2.75) is 39.7 Å². The van der Waals surface area contributed by atoms with E-state index >= 15 is 0 Å². The van der Waals surface area contributed by atoms with Gasteiger partial charge in [0.25, 0.3) is 0 Å². The first-order valence-electron chi connectivity index (χ1n) is 7.80. The maximum Gasteiger partial charge on any atom is 0.412 e. The molecule has 2 N–H and O–H groups in total. The molecule has 0 aliphatic carbocycles. The number of carbonyl (C=O) groups is 2. The molecule has 0 aromatic heterocycles. The first-order chi connectivity index (χ1) is 11.2. The van der Waals surface area contributed by atoms with Crippen LogP contribution in [0.1, 0.15) is 39.7 Å². The van der Waals surface area contributed by atoms with Gasteiger partial charge in [-0.25, -0.2) is 9.80 Å². The average Bonchev–Trinajstić information content (AvgIpc) is 2.46. The molecule has 0 spiro atoms. The van der Waals surface area contributed by atoms with Crippen LogP contribution in [0.5, 0.6) is 0 Å². The highest BCUT2D eigenvalue weighted by Gasteiger charge is 2.26. The van der Waals surface area contributed by atoms with Crippen LogP contribution in [0.3, 0.4) is 0 Å². The fourth-order valence-corrected chi connectivity index (χ4v) is 2.35. The number of hydrogen-bond donors (Lipinski definition) is 2. The summed E-state index contributed by atoms with van der Waals surface area (Å²) in [7, 11) is 0. The Balaban J connectivity index is 2.12. The van der Waals surface area contributed by atoms with Gasteiger partial charge in [0, 0.05) is 18.0 Å². The number of carbonyl (C=O) groups excluding carboxylic acids is 2. The van der Waals surface area contributed by atoms with E-state index in [4.69, 9.17) is 4.74 Å². The predicted molar refractivity (Wildman–Crippen MR) is 90.5 cm³/mol. The Hall–Kier alpha value is -2.41. The van der Waals surface area contributed by atoms with Crippen LogP contribution in [0.15, 0.2) is 29.4 Å². The maximum atomic E-state index is 11.8. The van der Waals surface area contributed by atoms with Crippen LogP contribution in [0.2, 0.25) is 0 Å². The lowest BCUT2D eigenvalue weighted by Crippen LogP contribution is -2.36. The molecule has 1 aromatic carbocycles. The van der Waals surface area contributed by atoms with Gasteiger partial charge in [0.1, 0.15) is 12.3 Å². The van der Waals surface area contributed by atoms with E-state index in [9.17, 15) is 14.7 Å². The molecule has 1 aliphatic heterocycles. The first kappa shape index (κ1) is 17.9. The standard InChI is InChI=1S/C17H23N3O4/c1-11-9-14(22)20(10-21)19-15(11)12-5-7-13(8-6-12)18-16(23)24-17(2,3)4/h5-8,11,21H,9-10H2,1-4H3,(H,18,23)/t11-/m1/s1. The molecule has 0 unspecified atom stereocenters. The van der Waals surface area contributed by atoms with Crippen LogP contribution in [-0.4, -0.2) is 40.2 Å². The van der Waals surface area contributed by atoms with Crippen molar-refractivity contribution in [3.63, 3.8) is 0 Å². The molecule has 1 atom stereocenters. The first-order valence-corrected chi connectivity index (χ1v) is 7.80. The number of hydrogen-bond acceptors (Lipinski definition) is 5. The highest BCUT2D eigenvalue weighted by Crippen LogP contribution is 2.22. The second-order valence-corrected chi connectivity index (χ2v) is 6.73. The number of anilines is 1. The fraction of sp³-hybridized carbons (Fsp3) is 0.471. The zero-order chi connectivity index (χ0) is 17.9. The Morgan fingerprint density at radius 2 is 2.00 bits per heavy atom. The summed E-state index contributed by atoms with van der Waals surface area (Å²) in [5.41, 5.74) is 1.61. The van der Waals surface area contributed by atoms with Gasteiger partial charge in [0.15, 0.2) is 0 Å². The van der Waals surface area contributed by atoms with Gasteiger partial charge < -0.3 is 9.84 Å². The number of hydrazone groups is 1. The summed E-state index contributed by atoms with van der Waals surface area (Å²) in [5, 5.41) is 17.1. The van der Waals surface area contributed by atoms with E-state index in [1.165, 1.54) is 0 Å². The summed E-state index contributed by atoms with van der Waals surface area (Å²) in [6.07, 6.45) is -0.215. The van der Waals surface area contributed by atoms with Crippen molar-refractivity contribution in [2.24, 2.45) is 11.0 Å². The van der Waals surface area contributed by atoms with E-state index in [1.54, 1.807) is 32.9 Å². The zero-order valence-electron chi connectivity index (χ0n) is 14.4. The third kappa shape index (κ3) is 4.55. The molecule has 2 amide bonds. The van der Waals surface area contributed by atoms with E-state index < -0.39 is 18.4 Å². The number of nitrogens with zero attached hydrogens (tertiary/aromatic N) is 2. The number of amides is 2. The molecule has 130 valence electrons. The van der Waals surface area contributed by atoms with Gasteiger partial charge >= 0.3 is 6.09 Å². The molecule has 1 aromatic rings. The molecular formula is C17H23N3O4. The molecule has 24 heavy (non-hydrogen) atoms. The van der Waals surface area contributed by atoms with Crippen molar-refractivity contribution in [3.8, 4) is 0 Å². The van der Waals surface area contributed by atoms with E-state index in [0.717, 1.165) is 16.3 Å². The van der Waals surface area contributed by atoms with Gasteiger partial charge in [-0.2, -0.15) is 5.10 Å². The van der Waals surface area contributed by atoms with Crippen LogP contribution >= 0.6 is 0 Å². The van der Waals surface area contributed by atoms with Crippen molar-refractivity contribution in [3.05, 3.63) is 29.8 Å². The highest BCUT2D eigenvalue weighted by molar-refractivity contribution is 6.06. The monoisotopic (exact) mass is 333 g/mol. The molecule has 1 aliphatic rings. The number of aliphatic hydroxyl groups excluding tert-OH is 1. The van der Waals surface area contributed by atoms with Crippen LogP contribution in [0.25, 0.3) is 0 Å². The highest BCUT2D eigenvalue weighted by atomic mass is 16.6. The fourth-order valence-electron chi connectivity index (χ4n) is 2.35. The zero-order valence-corrected chi connectivity index (χ0v) is 14.4. The van der Waals surface area contributed by atoms with Crippen molar-refractivity contribution in [1.82, 2.24) is 5.01 Å². The number of ether oxygens (including phenoxy) is 1. The van der Waals surface area contributed by atoms with Crippen molar-refractivity contribution in [2.75, 3.05) is 12.0 Å². The Morgan fingerprint density at radius 1 is 1.38 bits per heavy atom. The van der Waals surface area contributed by atoms with Crippen LogP contribution in [-0.2, 0) is 9.53 Å². The Morgan fingerprint density at radius 3 is 2.54 bits per heavy atom. The average molecular weight is 333 g/mol. The van der Waals surface area contributed by atoms with E-state index in [0.29, 0.717) is 12.1 Å². The molecule has 1 heterocycles. The van der Waals surface area contributed by atoms with Gasteiger partial charge in [-0.3, -0.25) is 10.1 Å². The topological polar surface area (TPSA) is 91.2 Å². The van der Waals surface area contributed by atoms with Gasteiger partial charge in [-0.15, -0.1) is 0 Å². The third-order valence-corrected chi connectivity index (χ3v) is 3.42. The largest absolute Gasteiger partial charge is 0.444 e. The van der Waals surface area contributed by atoms with Crippen molar-refractivity contribution < 1.29 is 19.4 Å². The minimum absolute atomic E-state index is 0.0371. The minimum Gasteiger partial charge on any atom is -0.444 e. The molecule has 7 nitrogen and oxygen atoms in total. The predicted octanol–water partition coefficient (Wildman–Crippen LogP) is 2.56. The van der Waals surface area contributed by atoms with Crippen molar-refractivity contribution in [1.29, 1.82) is 0 Å². The van der Waals surface area contributed by atoms with E-state index in [2.05, 4.69) is 10.4 Å². The Bertz CT molecular complexity index is 647. The number of aliphatic hydroxyl groups is 1. The number of nitrogens with one attached hydrogen (secondary N) is 1. The summed E-state index contributed by atoms with van der Waals surface area (Å²) in [5.74, 6) is -0.234. The van der Waals surface area contributed by atoms with E-state index in [1.807, 2.05) is 19.1 Å². The van der Waals surface area contributed by atoms with Gasteiger partial charge in [0.2, 0.25) is 5.91 Å². The smallest absolute Gasteiger partial charge is 0.412 e. The third-order valence-electron chi connectivity index (χ3n) is 3.42. The normalized spacial score (nSPS) is 18.2. The Kier molecular flexibility index (Phi) is 5.23. The number of rotatable bonds is 3.